The highest BCUT2D eigenvalue weighted by Crippen LogP contribution is 2.21. The Morgan fingerprint density at radius 1 is 1.12 bits per heavy atom. The number of benzene rings is 2. The maximum atomic E-state index is 12.7. The summed E-state index contributed by atoms with van der Waals surface area (Å²) >= 11 is 0. The highest BCUT2D eigenvalue weighted by atomic mass is 16.5. The van der Waals surface area contributed by atoms with Gasteiger partial charge in [0.15, 0.2) is 11.2 Å². The fourth-order valence-electron chi connectivity index (χ4n) is 3.12. The third-order valence-electron chi connectivity index (χ3n) is 4.63. The van der Waals surface area contributed by atoms with Crippen LogP contribution in [0, 0.1) is 0 Å². The van der Waals surface area contributed by atoms with Crippen LogP contribution in [0.5, 0.6) is 0 Å². The van der Waals surface area contributed by atoms with Crippen molar-refractivity contribution in [2.24, 2.45) is 0 Å². The van der Waals surface area contributed by atoms with Gasteiger partial charge in [0.25, 0.3) is 0 Å². The summed E-state index contributed by atoms with van der Waals surface area (Å²) in [7, 11) is 0. The van der Waals surface area contributed by atoms with Crippen molar-refractivity contribution in [3.63, 3.8) is 0 Å². The summed E-state index contributed by atoms with van der Waals surface area (Å²) in [5.41, 5.74) is 1.20. The van der Waals surface area contributed by atoms with Gasteiger partial charge in [0.05, 0.1) is 29.4 Å². The van der Waals surface area contributed by atoms with Crippen molar-refractivity contribution in [1.29, 1.82) is 0 Å². The van der Waals surface area contributed by atoms with E-state index in [1.54, 1.807) is 43.3 Å². The molecule has 0 aliphatic heterocycles. The van der Waals surface area contributed by atoms with Gasteiger partial charge in [-0.2, -0.15) is 5.10 Å². The molecule has 32 heavy (non-hydrogen) atoms. The molecule has 2 aromatic heterocycles. The van der Waals surface area contributed by atoms with Crippen LogP contribution in [0.1, 0.15) is 22.8 Å². The van der Waals surface area contributed by atoms with Gasteiger partial charge in [-0.05, 0) is 37.3 Å². The molecule has 0 spiro atoms. The van der Waals surface area contributed by atoms with Crippen LogP contribution in [0.2, 0.25) is 0 Å². The van der Waals surface area contributed by atoms with Crippen molar-refractivity contribution in [3.05, 3.63) is 94.5 Å². The fourth-order valence-corrected chi connectivity index (χ4v) is 3.12. The number of carbonyl (C=O) groups excluding carboxylic acids is 2. The van der Waals surface area contributed by atoms with Gasteiger partial charge in [0, 0.05) is 6.08 Å². The first-order valence-electron chi connectivity index (χ1n) is 9.88. The average molecular weight is 429 g/mol. The normalized spacial score (nSPS) is 11.0. The first-order valence-corrected chi connectivity index (χ1v) is 9.88. The van der Waals surface area contributed by atoms with Crippen molar-refractivity contribution < 1.29 is 18.7 Å². The Balaban J connectivity index is 1.64. The maximum Gasteiger partial charge on any atom is 0.343 e. The number of ether oxygens (including phenoxy) is 1. The van der Waals surface area contributed by atoms with Crippen LogP contribution in [0.25, 0.3) is 22.7 Å². The number of para-hydroxylation sites is 2. The second-order valence-electron chi connectivity index (χ2n) is 6.71. The fraction of sp³-hybridized carbons (Fsp3) is 0.0833. The quantitative estimate of drug-likeness (QED) is 0.369. The van der Waals surface area contributed by atoms with Crippen molar-refractivity contribution in [3.8, 4) is 5.69 Å². The Hall–Kier alpha value is -4.46. The zero-order valence-electron chi connectivity index (χ0n) is 17.1. The van der Waals surface area contributed by atoms with Crippen molar-refractivity contribution in [1.82, 2.24) is 9.78 Å². The van der Waals surface area contributed by atoms with Crippen molar-refractivity contribution >= 4 is 34.7 Å². The highest BCUT2D eigenvalue weighted by Gasteiger charge is 2.21. The average Bonchev–Trinajstić information content (AvgIpc) is 3.23. The first kappa shape index (κ1) is 20.8. The van der Waals surface area contributed by atoms with Crippen LogP contribution in [0.3, 0.4) is 0 Å². The van der Waals surface area contributed by atoms with Crippen molar-refractivity contribution in [2.45, 2.75) is 6.92 Å². The molecule has 160 valence electrons. The number of rotatable bonds is 6. The van der Waals surface area contributed by atoms with Gasteiger partial charge in [-0.3, -0.25) is 9.59 Å². The Morgan fingerprint density at radius 2 is 1.88 bits per heavy atom. The van der Waals surface area contributed by atoms with Crippen molar-refractivity contribution in [2.75, 3.05) is 11.9 Å². The molecule has 0 saturated heterocycles. The van der Waals surface area contributed by atoms with E-state index in [1.165, 1.54) is 29.3 Å². The van der Waals surface area contributed by atoms with E-state index in [4.69, 9.17) is 9.15 Å². The van der Waals surface area contributed by atoms with Crippen LogP contribution in [-0.4, -0.2) is 28.3 Å². The largest absolute Gasteiger partial charge is 0.463 e. The summed E-state index contributed by atoms with van der Waals surface area (Å²) in [5.74, 6) is -1.00. The van der Waals surface area contributed by atoms with Crippen LogP contribution in [0.15, 0.2) is 82.3 Å². The summed E-state index contributed by atoms with van der Waals surface area (Å²) in [6, 6.07) is 15.9. The van der Waals surface area contributed by atoms with E-state index in [-0.39, 0.29) is 29.0 Å². The summed E-state index contributed by atoms with van der Waals surface area (Å²) in [4.78, 5) is 37.6. The Labute approximate surface area is 182 Å². The van der Waals surface area contributed by atoms with Gasteiger partial charge in [0.2, 0.25) is 5.91 Å². The number of hydrogen-bond acceptors (Lipinski definition) is 6. The summed E-state index contributed by atoms with van der Waals surface area (Å²) in [5, 5.41) is 7.30. The zero-order valence-corrected chi connectivity index (χ0v) is 17.1. The Morgan fingerprint density at radius 3 is 2.66 bits per heavy atom. The number of nitrogens with zero attached hydrogens (tertiary/aromatic N) is 2. The Bertz CT molecular complexity index is 1370. The monoisotopic (exact) mass is 429 g/mol. The molecule has 4 rings (SSSR count). The number of anilines is 1. The lowest BCUT2D eigenvalue weighted by Crippen LogP contribution is -2.16. The molecule has 0 aliphatic carbocycles. The van der Waals surface area contributed by atoms with Gasteiger partial charge < -0.3 is 14.5 Å². The Kier molecular flexibility index (Phi) is 5.94. The molecule has 2 aromatic carbocycles. The number of hydrogen-bond donors (Lipinski definition) is 1. The third-order valence-corrected chi connectivity index (χ3v) is 4.63. The molecule has 0 aliphatic rings. The number of aromatic nitrogens is 2. The second-order valence-corrected chi connectivity index (χ2v) is 6.71. The van der Waals surface area contributed by atoms with Gasteiger partial charge >= 0.3 is 5.97 Å². The summed E-state index contributed by atoms with van der Waals surface area (Å²) in [6.07, 6.45) is 5.19. The molecular formula is C24H19N3O5. The lowest BCUT2D eigenvalue weighted by Gasteiger charge is -2.09. The van der Waals surface area contributed by atoms with Gasteiger partial charge in [-0.1, -0.05) is 30.3 Å². The molecule has 2 heterocycles. The minimum atomic E-state index is -0.607. The van der Waals surface area contributed by atoms with Crippen LogP contribution in [0.4, 0.5) is 5.82 Å². The zero-order chi connectivity index (χ0) is 22.5. The number of fused-ring (bicyclic) bond motifs is 1. The number of nitrogens with one attached hydrogen (secondary N) is 1. The van der Waals surface area contributed by atoms with Crippen LogP contribution >= 0.6 is 0 Å². The molecule has 4 aromatic rings. The standard InChI is InChI=1S/C24H19N3O5/c1-2-31-24(30)19-14-25-27(17-8-4-3-5-9-17)23(19)26-21(28)13-12-16-15-32-20-11-7-6-10-18(20)22(16)29/h3-15H,2H2,1H3,(H,26,28)/b13-12+. The van der Waals surface area contributed by atoms with E-state index < -0.39 is 11.9 Å². The smallest absolute Gasteiger partial charge is 0.343 e. The topological polar surface area (TPSA) is 103 Å². The molecular weight excluding hydrogens is 410 g/mol. The molecule has 8 heteroatoms. The van der Waals surface area contributed by atoms with Gasteiger partial charge in [0.1, 0.15) is 17.4 Å². The molecule has 1 N–H and O–H groups in total. The van der Waals surface area contributed by atoms with E-state index in [2.05, 4.69) is 10.4 Å². The summed E-state index contributed by atoms with van der Waals surface area (Å²) in [6.45, 7) is 1.87. The maximum absolute atomic E-state index is 12.7. The lowest BCUT2D eigenvalue weighted by atomic mass is 10.1. The van der Waals surface area contributed by atoms with E-state index in [0.29, 0.717) is 16.7 Å². The minimum absolute atomic E-state index is 0.114. The SMILES string of the molecule is CCOC(=O)c1cnn(-c2ccccc2)c1NC(=O)/C=C/c1coc2ccccc2c1=O. The molecule has 0 saturated carbocycles. The number of carbonyl (C=O) groups is 2. The van der Waals surface area contributed by atoms with Crippen LogP contribution in [-0.2, 0) is 9.53 Å². The van der Waals surface area contributed by atoms with E-state index in [0.717, 1.165) is 0 Å². The molecule has 8 nitrogen and oxygen atoms in total. The third kappa shape index (κ3) is 4.20. The first-order chi connectivity index (χ1) is 15.6. The number of esters is 1. The molecule has 0 atom stereocenters. The van der Waals surface area contributed by atoms with E-state index >= 15 is 0 Å². The molecule has 0 unspecified atom stereocenters. The predicted molar refractivity (Wildman–Crippen MR) is 120 cm³/mol. The molecule has 0 fully saturated rings. The number of amides is 1. The summed E-state index contributed by atoms with van der Waals surface area (Å²) < 4.78 is 12.0. The highest BCUT2D eigenvalue weighted by molar-refractivity contribution is 6.06. The second kappa shape index (κ2) is 9.13. The predicted octanol–water partition coefficient (Wildman–Crippen LogP) is 3.81. The van der Waals surface area contributed by atoms with Gasteiger partial charge in [-0.15, -0.1) is 0 Å². The van der Waals surface area contributed by atoms with Gasteiger partial charge in [-0.25, -0.2) is 9.48 Å². The van der Waals surface area contributed by atoms with Crippen LogP contribution < -0.4 is 10.7 Å². The molecule has 0 bridgehead atoms. The van der Waals surface area contributed by atoms with E-state index in [1.807, 2.05) is 18.2 Å². The minimum Gasteiger partial charge on any atom is -0.463 e. The molecule has 1 amide bonds. The molecule has 0 radical (unpaired) electrons. The lowest BCUT2D eigenvalue weighted by molar-refractivity contribution is -0.111. The van der Waals surface area contributed by atoms with E-state index in [9.17, 15) is 14.4 Å².